The van der Waals surface area contributed by atoms with Gasteiger partial charge in [0.15, 0.2) is 0 Å². The third kappa shape index (κ3) is 2.69. The van der Waals surface area contributed by atoms with Gasteiger partial charge in [0, 0.05) is 19.7 Å². The number of carboxylic acid groups (broad SMARTS) is 1. The second-order valence-electron chi connectivity index (χ2n) is 6.07. The quantitative estimate of drug-likeness (QED) is 0.839. The Hall–Kier alpha value is -0.610. The topological polar surface area (TPSA) is 49.8 Å². The highest BCUT2D eigenvalue weighted by molar-refractivity contribution is 5.74. The van der Waals surface area contributed by atoms with Gasteiger partial charge in [0.05, 0.1) is 11.5 Å². The molecule has 4 heteroatoms. The Morgan fingerprint density at radius 2 is 2.06 bits per heavy atom. The number of nitrogens with zero attached hydrogens (tertiary/aromatic N) is 1. The van der Waals surface area contributed by atoms with E-state index in [9.17, 15) is 9.90 Å². The van der Waals surface area contributed by atoms with E-state index >= 15 is 0 Å². The second kappa shape index (κ2) is 5.57. The van der Waals surface area contributed by atoms with E-state index in [4.69, 9.17) is 4.74 Å². The lowest BCUT2D eigenvalue weighted by Crippen LogP contribution is -2.54. The van der Waals surface area contributed by atoms with Crippen molar-refractivity contribution in [3.63, 3.8) is 0 Å². The van der Waals surface area contributed by atoms with Crippen LogP contribution in [0.3, 0.4) is 0 Å². The average Bonchev–Trinajstić information content (AvgIpc) is 2.38. The maximum Gasteiger partial charge on any atom is 0.310 e. The van der Waals surface area contributed by atoms with Crippen molar-refractivity contribution in [3.8, 4) is 0 Å². The molecule has 1 aliphatic carbocycles. The number of carboxylic acids is 1. The molecule has 104 valence electrons. The fraction of sp³-hybridized carbons (Fsp3) is 0.929. The van der Waals surface area contributed by atoms with Crippen molar-refractivity contribution < 1.29 is 14.6 Å². The van der Waals surface area contributed by atoms with E-state index in [0.717, 1.165) is 32.2 Å². The first-order valence-corrected chi connectivity index (χ1v) is 7.07. The van der Waals surface area contributed by atoms with Gasteiger partial charge in [-0.25, -0.2) is 0 Å². The first-order chi connectivity index (χ1) is 8.57. The van der Waals surface area contributed by atoms with Crippen LogP contribution in [0, 0.1) is 5.41 Å². The fourth-order valence-electron chi connectivity index (χ4n) is 3.51. The van der Waals surface area contributed by atoms with E-state index < -0.39 is 11.4 Å². The summed E-state index contributed by atoms with van der Waals surface area (Å²) in [5.74, 6) is -0.656. The molecule has 18 heavy (non-hydrogen) atoms. The first-order valence-electron chi connectivity index (χ1n) is 7.07. The zero-order chi connectivity index (χ0) is 13.2. The minimum atomic E-state index is -0.656. The number of ether oxygens (including phenoxy) is 1. The fourth-order valence-corrected chi connectivity index (χ4v) is 3.51. The third-order valence-electron chi connectivity index (χ3n) is 4.68. The highest BCUT2D eigenvalue weighted by Crippen LogP contribution is 2.34. The largest absolute Gasteiger partial charge is 0.481 e. The zero-order valence-corrected chi connectivity index (χ0v) is 11.5. The Kier molecular flexibility index (Phi) is 4.28. The van der Waals surface area contributed by atoms with E-state index in [-0.39, 0.29) is 6.10 Å². The number of methoxy groups -OCH3 is 1. The summed E-state index contributed by atoms with van der Waals surface area (Å²) in [4.78, 5) is 13.8. The van der Waals surface area contributed by atoms with Gasteiger partial charge in [-0.15, -0.1) is 0 Å². The van der Waals surface area contributed by atoms with Gasteiger partial charge in [-0.05, 0) is 39.2 Å². The second-order valence-corrected chi connectivity index (χ2v) is 6.07. The Morgan fingerprint density at radius 1 is 1.33 bits per heavy atom. The average molecular weight is 255 g/mol. The van der Waals surface area contributed by atoms with Crippen molar-refractivity contribution in [2.24, 2.45) is 5.41 Å². The molecule has 0 bridgehead atoms. The van der Waals surface area contributed by atoms with Gasteiger partial charge in [0.25, 0.3) is 0 Å². The van der Waals surface area contributed by atoms with Gasteiger partial charge < -0.3 is 9.84 Å². The van der Waals surface area contributed by atoms with Crippen LogP contribution in [0.25, 0.3) is 0 Å². The zero-order valence-electron chi connectivity index (χ0n) is 11.5. The molecule has 0 radical (unpaired) electrons. The highest BCUT2D eigenvalue weighted by Gasteiger charge is 2.41. The van der Waals surface area contributed by atoms with E-state index in [1.54, 1.807) is 7.11 Å². The lowest BCUT2D eigenvalue weighted by atomic mass is 9.80. The smallest absolute Gasteiger partial charge is 0.310 e. The Morgan fingerprint density at radius 3 is 2.72 bits per heavy atom. The molecule has 0 amide bonds. The predicted octanol–water partition coefficient (Wildman–Crippen LogP) is 2.13. The number of carbonyl (C=O) groups is 1. The van der Waals surface area contributed by atoms with Gasteiger partial charge >= 0.3 is 5.97 Å². The van der Waals surface area contributed by atoms with Crippen molar-refractivity contribution in [3.05, 3.63) is 0 Å². The molecule has 1 heterocycles. The molecular formula is C14H25NO3. The van der Waals surface area contributed by atoms with Crippen molar-refractivity contribution in [2.45, 2.75) is 57.6 Å². The van der Waals surface area contributed by atoms with Crippen LogP contribution >= 0.6 is 0 Å². The molecule has 2 aliphatic rings. The standard InChI is InChI=1S/C14H25NO3/c1-14(13(16)17)8-5-9-15(10-14)11-6-3-4-7-12(11)18-2/h11-12H,3-10H2,1-2H3,(H,16,17). The molecule has 1 saturated heterocycles. The lowest BCUT2D eigenvalue weighted by Gasteiger charge is -2.45. The summed E-state index contributed by atoms with van der Waals surface area (Å²) in [6, 6.07) is 0.419. The number of rotatable bonds is 3. The van der Waals surface area contributed by atoms with Gasteiger partial charge in [0.1, 0.15) is 0 Å². The number of hydrogen-bond donors (Lipinski definition) is 1. The number of piperidine rings is 1. The maximum absolute atomic E-state index is 11.4. The first kappa shape index (κ1) is 13.8. The lowest BCUT2D eigenvalue weighted by molar-refractivity contribution is -0.153. The molecule has 0 aromatic carbocycles. The monoisotopic (exact) mass is 255 g/mol. The Balaban J connectivity index is 2.05. The molecule has 4 nitrogen and oxygen atoms in total. The van der Waals surface area contributed by atoms with Gasteiger partial charge in [0.2, 0.25) is 0 Å². The molecule has 0 aromatic rings. The summed E-state index contributed by atoms with van der Waals surface area (Å²) in [5.41, 5.74) is -0.575. The van der Waals surface area contributed by atoms with Crippen LogP contribution in [0.2, 0.25) is 0 Å². The molecule has 2 rings (SSSR count). The minimum Gasteiger partial charge on any atom is -0.481 e. The summed E-state index contributed by atoms with van der Waals surface area (Å²) in [6.45, 7) is 3.58. The van der Waals surface area contributed by atoms with E-state index in [0.29, 0.717) is 12.6 Å². The van der Waals surface area contributed by atoms with E-state index in [2.05, 4.69) is 4.90 Å². The highest BCUT2D eigenvalue weighted by atomic mass is 16.5. The van der Waals surface area contributed by atoms with Crippen molar-refractivity contribution in [2.75, 3.05) is 20.2 Å². The summed E-state index contributed by atoms with van der Waals surface area (Å²) in [5, 5.41) is 9.38. The molecule has 3 atom stereocenters. The normalized spacial score (nSPS) is 38.6. The molecule has 3 unspecified atom stereocenters. The summed E-state index contributed by atoms with van der Waals surface area (Å²) >= 11 is 0. The predicted molar refractivity (Wildman–Crippen MR) is 69.6 cm³/mol. The minimum absolute atomic E-state index is 0.287. The van der Waals surface area contributed by atoms with Crippen LogP contribution < -0.4 is 0 Å². The Bertz CT molecular complexity index is 307. The molecule has 0 spiro atoms. The van der Waals surface area contributed by atoms with E-state index in [1.165, 1.54) is 12.8 Å². The van der Waals surface area contributed by atoms with Crippen LogP contribution in [-0.4, -0.2) is 48.3 Å². The molecule has 1 N–H and O–H groups in total. The molecular weight excluding hydrogens is 230 g/mol. The molecule has 0 aromatic heterocycles. The van der Waals surface area contributed by atoms with Gasteiger partial charge in [-0.1, -0.05) is 12.8 Å². The van der Waals surface area contributed by atoms with Crippen molar-refractivity contribution in [1.29, 1.82) is 0 Å². The maximum atomic E-state index is 11.4. The van der Waals surface area contributed by atoms with E-state index in [1.807, 2.05) is 6.92 Å². The number of hydrogen-bond acceptors (Lipinski definition) is 3. The molecule has 1 aliphatic heterocycles. The third-order valence-corrected chi connectivity index (χ3v) is 4.68. The van der Waals surface area contributed by atoms with Crippen molar-refractivity contribution in [1.82, 2.24) is 4.90 Å². The van der Waals surface area contributed by atoms with Crippen LogP contribution in [0.15, 0.2) is 0 Å². The Labute approximate surface area is 109 Å². The summed E-state index contributed by atoms with van der Waals surface area (Å²) < 4.78 is 5.60. The van der Waals surface area contributed by atoms with Crippen LogP contribution in [0.4, 0.5) is 0 Å². The van der Waals surface area contributed by atoms with Crippen LogP contribution in [-0.2, 0) is 9.53 Å². The molecule has 2 fully saturated rings. The molecule has 1 saturated carbocycles. The van der Waals surface area contributed by atoms with Gasteiger partial charge in [-0.3, -0.25) is 9.69 Å². The summed E-state index contributed by atoms with van der Waals surface area (Å²) in [7, 11) is 1.78. The number of likely N-dealkylation sites (tertiary alicyclic amines) is 1. The summed E-state index contributed by atoms with van der Waals surface area (Å²) in [6.07, 6.45) is 6.80. The number of aliphatic carboxylic acids is 1. The van der Waals surface area contributed by atoms with Crippen LogP contribution in [0.1, 0.15) is 45.4 Å². The SMILES string of the molecule is COC1CCCCC1N1CCCC(C)(C(=O)O)C1. The van der Waals surface area contributed by atoms with Gasteiger partial charge in [-0.2, -0.15) is 0 Å². The van der Waals surface area contributed by atoms with Crippen LogP contribution in [0.5, 0.6) is 0 Å². The van der Waals surface area contributed by atoms with Crippen molar-refractivity contribution >= 4 is 5.97 Å².